The van der Waals surface area contributed by atoms with Crippen molar-refractivity contribution in [1.29, 1.82) is 0 Å². The second-order valence-corrected chi connectivity index (χ2v) is 8.17. The Balaban J connectivity index is 1.79. The van der Waals surface area contributed by atoms with Crippen LogP contribution in [0.2, 0.25) is 0 Å². The standard InChI is InChI=1S/C25H27NO5/c1-16(2)11-13-30-18-8-6-7-17(15-18)22-21-23(27)19-9-4-5-10-20(19)31-24(21)25(28)26(22)12-14-29-3/h4-10,15-16,22H,11-14H2,1-3H3/t22-/m0/s1. The molecule has 162 valence electrons. The second-order valence-electron chi connectivity index (χ2n) is 8.17. The van der Waals surface area contributed by atoms with Crippen LogP contribution in [0, 0.1) is 5.92 Å². The van der Waals surface area contributed by atoms with E-state index in [1.807, 2.05) is 24.3 Å². The van der Waals surface area contributed by atoms with Gasteiger partial charge >= 0.3 is 0 Å². The molecular formula is C25H27NO5. The number of hydrogen-bond acceptors (Lipinski definition) is 5. The third kappa shape index (κ3) is 4.08. The number of hydrogen-bond donors (Lipinski definition) is 0. The normalized spacial score (nSPS) is 15.7. The maximum atomic E-state index is 13.4. The van der Waals surface area contributed by atoms with Crippen molar-refractivity contribution in [2.75, 3.05) is 26.9 Å². The molecule has 1 aliphatic heterocycles. The minimum Gasteiger partial charge on any atom is -0.494 e. The van der Waals surface area contributed by atoms with Crippen molar-refractivity contribution in [1.82, 2.24) is 4.90 Å². The number of methoxy groups -OCH3 is 1. The van der Waals surface area contributed by atoms with Gasteiger partial charge in [-0.2, -0.15) is 0 Å². The maximum Gasteiger partial charge on any atom is 0.290 e. The molecule has 6 heteroatoms. The van der Waals surface area contributed by atoms with Gasteiger partial charge in [-0.25, -0.2) is 0 Å². The second kappa shape index (κ2) is 8.94. The summed E-state index contributed by atoms with van der Waals surface area (Å²) in [6.45, 7) is 5.62. The third-order valence-electron chi connectivity index (χ3n) is 5.55. The molecule has 2 heterocycles. The van der Waals surface area contributed by atoms with Crippen LogP contribution in [0.1, 0.15) is 48.0 Å². The molecule has 0 fully saturated rings. The van der Waals surface area contributed by atoms with Crippen LogP contribution in [-0.2, 0) is 4.74 Å². The highest BCUT2D eigenvalue weighted by atomic mass is 16.5. The van der Waals surface area contributed by atoms with Crippen molar-refractivity contribution >= 4 is 16.9 Å². The van der Waals surface area contributed by atoms with E-state index in [9.17, 15) is 9.59 Å². The summed E-state index contributed by atoms with van der Waals surface area (Å²) in [4.78, 5) is 28.3. The van der Waals surface area contributed by atoms with Gasteiger partial charge in [0.25, 0.3) is 5.91 Å². The first-order valence-electron chi connectivity index (χ1n) is 10.6. The zero-order valence-electron chi connectivity index (χ0n) is 18.1. The molecule has 0 spiro atoms. The van der Waals surface area contributed by atoms with Crippen molar-refractivity contribution in [3.05, 3.63) is 75.6 Å². The van der Waals surface area contributed by atoms with Gasteiger partial charge in [0.05, 0.1) is 30.2 Å². The highest BCUT2D eigenvalue weighted by molar-refractivity contribution is 5.99. The number of amides is 1. The molecule has 1 aliphatic rings. The lowest BCUT2D eigenvalue weighted by atomic mass is 9.98. The number of carbonyl (C=O) groups is 1. The van der Waals surface area contributed by atoms with E-state index in [0.717, 1.165) is 17.7 Å². The van der Waals surface area contributed by atoms with Gasteiger partial charge in [0.2, 0.25) is 5.76 Å². The van der Waals surface area contributed by atoms with Crippen LogP contribution in [0.5, 0.6) is 5.75 Å². The average molecular weight is 421 g/mol. The molecule has 0 aliphatic carbocycles. The van der Waals surface area contributed by atoms with Crippen LogP contribution in [-0.4, -0.2) is 37.7 Å². The van der Waals surface area contributed by atoms with E-state index in [-0.39, 0.29) is 17.1 Å². The van der Waals surface area contributed by atoms with Gasteiger partial charge in [-0.15, -0.1) is 0 Å². The summed E-state index contributed by atoms with van der Waals surface area (Å²) in [5, 5.41) is 0.469. The molecule has 3 aromatic rings. The van der Waals surface area contributed by atoms with Gasteiger partial charge in [0.1, 0.15) is 11.3 Å². The minimum atomic E-state index is -0.549. The van der Waals surface area contributed by atoms with E-state index < -0.39 is 6.04 Å². The van der Waals surface area contributed by atoms with Crippen LogP contribution in [0.25, 0.3) is 11.0 Å². The van der Waals surface area contributed by atoms with Gasteiger partial charge in [-0.05, 0) is 42.2 Å². The lowest BCUT2D eigenvalue weighted by Gasteiger charge is -2.25. The van der Waals surface area contributed by atoms with Gasteiger partial charge in [-0.1, -0.05) is 38.1 Å². The van der Waals surface area contributed by atoms with Crippen LogP contribution >= 0.6 is 0 Å². The van der Waals surface area contributed by atoms with Crippen LogP contribution < -0.4 is 10.2 Å². The predicted molar refractivity (Wildman–Crippen MR) is 119 cm³/mol. The molecule has 1 amide bonds. The predicted octanol–water partition coefficient (Wildman–Crippen LogP) is 4.41. The van der Waals surface area contributed by atoms with E-state index in [1.165, 1.54) is 0 Å². The molecule has 1 atom stereocenters. The van der Waals surface area contributed by atoms with Crippen LogP contribution in [0.4, 0.5) is 0 Å². The number of carbonyl (C=O) groups excluding carboxylic acids is 1. The summed E-state index contributed by atoms with van der Waals surface area (Å²) >= 11 is 0. The minimum absolute atomic E-state index is 0.107. The number of para-hydroxylation sites is 1. The molecule has 2 aromatic carbocycles. The first-order valence-corrected chi connectivity index (χ1v) is 10.6. The first kappa shape index (κ1) is 21.1. The Labute approximate surface area is 181 Å². The summed E-state index contributed by atoms with van der Waals surface area (Å²) in [6, 6.07) is 14.1. The van der Waals surface area contributed by atoms with E-state index in [1.54, 1.807) is 36.3 Å². The zero-order valence-corrected chi connectivity index (χ0v) is 18.1. The first-order chi connectivity index (χ1) is 15.0. The van der Waals surface area contributed by atoms with Crippen LogP contribution in [0.3, 0.4) is 0 Å². The van der Waals surface area contributed by atoms with E-state index in [0.29, 0.717) is 42.2 Å². The Kier molecular flexibility index (Phi) is 6.09. The molecule has 0 N–H and O–H groups in total. The highest BCUT2D eigenvalue weighted by Crippen LogP contribution is 2.38. The van der Waals surface area contributed by atoms with Gasteiger partial charge < -0.3 is 18.8 Å². The highest BCUT2D eigenvalue weighted by Gasteiger charge is 2.42. The lowest BCUT2D eigenvalue weighted by molar-refractivity contribution is 0.0663. The average Bonchev–Trinajstić information content (AvgIpc) is 3.04. The molecule has 0 unspecified atom stereocenters. The van der Waals surface area contributed by atoms with E-state index >= 15 is 0 Å². The number of fused-ring (bicyclic) bond motifs is 2. The quantitative estimate of drug-likeness (QED) is 0.539. The molecule has 0 saturated carbocycles. The topological polar surface area (TPSA) is 69.0 Å². The Morgan fingerprint density at radius 2 is 1.87 bits per heavy atom. The summed E-state index contributed by atoms with van der Waals surface area (Å²) < 4.78 is 17.1. The Morgan fingerprint density at radius 3 is 2.65 bits per heavy atom. The molecular weight excluding hydrogens is 394 g/mol. The molecule has 6 nitrogen and oxygen atoms in total. The fourth-order valence-corrected chi connectivity index (χ4v) is 3.92. The van der Waals surface area contributed by atoms with Gasteiger partial charge in [-0.3, -0.25) is 9.59 Å². The molecule has 0 radical (unpaired) electrons. The van der Waals surface area contributed by atoms with Crippen molar-refractivity contribution in [3.8, 4) is 5.75 Å². The van der Waals surface area contributed by atoms with Gasteiger partial charge in [0.15, 0.2) is 5.43 Å². The monoisotopic (exact) mass is 421 g/mol. The van der Waals surface area contributed by atoms with E-state index in [4.69, 9.17) is 13.9 Å². The lowest BCUT2D eigenvalue weighted by Crippen LogP contribution is -2.32. The summed E-state index contributed by atoms with van der Waals surface area (Å²) in [7, 11) is 1.59. The van der Waals surface area contributed by atoms with Crippen molar-refractivity contribution in [2.24, 2.45) is 5.92 Å². The maximum absolute atomic E-state index is 13.4. The van der Waals surface area contributed by atoms with Crippen molar-refractivity contribution < 1.29 is 18.7 Å². The Hall–Kier alpha value is -3.12. The Bertz CT molecular complexity index is 1150. The molecule has 0 bridgehead atoms. The largest absolute Gasteiger partial charge is 0.494 e. The number of rotatable bonds is 8. The molecule has 4 rings (SSSR count). The fourth-order valence-electron chi connectivity index (χ4n) is 3.92. The Morgan fingerprint density at radius 1 is 1.06 bits per heavy atom. The smallest absolute Gasteiger partial charge is 0.290 e. The SMILES string of the molecule is COCCN1C(=O)c2oc3ccccc3c(=O)c2[C@@H]1c1cccc(OCCC(C)C)c1. The van der Waals surface area contributed by atoms with Crippen molar-refractivity contribution in [3.63, 3.8) is 0 Å². The third-order valence-corrected chi connectivity index (χ3v) is 5.55. The molecule has 31 heavy (non-hydrogen) atoms. The summed E-state index contributed by atoms with van der Waals surface area (Å²) in [5.74, 6) is 1.07. The van der Waals surface area contributed by atoms with Crippen LogP contribution in [0.15, 0.2) is 57.7 Å². The number of ether oxygens (including phenoxy) is 2. The summed E-state index contributed by atoms with van der Waals surface area (Å²) in [6.07, 6.45) is 0.949. The summed E-state index contributed by atoms with van der Waals surface area (Å²) in [5.41, 5.74) is 1.42. The number of nitrogens with zero attached hydrogens (tertiary/aromatic N) is 1. The zero-order chi connectivity index (χ0) is 22.0. The molecule has 1 aromatic heterocycles. The number of benzene rings is 2. The fraction of sp³-hybridized carbons (Fsp3) is 0.360. The van der Waals surface area contributed by atoms with Gasteiger partial charge in [0, 0.05) is 13.7 Å². The molecule has 0 saturated heterocycles. The van der Waals surface area contributed by atoms with E-state index in [2.05, 4.69) is 13.8 Å². The van der Waals surface area contributed by atoms with Crippen molar-refractivity contribution in [2.45, 2.75) is 26.3 Å².